The minimum Gasteiger partial charge on any atom is -0.444 e. The molecule has 0 saturated heterocycles. The average molecular weight is 428 g/mol. The zero-order chi connectivity index (χ0) is 15.8. The van der Waals surface area contributed by atoms with Crippen molar-refractivity contribution in [2.75, 3.05) is 13.6 Å². The van der Waals surface area contributed by atoms with Gasteiger partial charge >= 0.3 is 0 Å². The van der Waals surface area contributed by atoms with E-state index in [0.717, 1.165) is 30.2 Å². The summed E-state index contributed by atoms with van der Waals surface area (Å²) in [4.78, 5) is 8.68. The Balaban J connectivity index is 0.00000264. The highest BCUT2D eigenvalue weighted by molar-refractivity contribution is 14.0. The molecule has 1 aromatic heterocycles. The smallest absolute Gasteiger partial charge is 0.226 e. The van der Waals surface area contributed by atoms with E-state index in [1.807, 2.05) is 30.3 Å². The van der Waals surface area contributed by atoms with Gasteiger partial charge in [0.1, 0.15) is 6.26 Å². The van der Waals surface area contributed by atoms with Crippen molar-refractivity contribution in [3.8, 4) is 11.5 Å². The summed E-state index contributed by atoms with van der Waals surface area (Å²) in [5.41, 5.74) is 1.83. The van der Waals surface area contributed by atoms with Gasteiger partial charge in [-0.1, -0.05) is 32.0 Å². The first-order chi connectivity index (χ1) is 10.7. The fourth-order valence-electron chi connectivity index (χ4n) is 1.98. The second-order valence-corrected chi connectivity index (χ2v) is 5.55. The van der Waals surface area contributed by atoms with E-state index < -0.39 is 0 Å². The van der Waals surface area contributed by atoms with Gasteiger partial charge in [-0.3, -0.25) is 4.99 Å². The van der Waals surface area contributed by atoms with E-state index in [9.17, 15) is 0 Å². The molecule has 0 aliphatic heterocycles. The standard InChI is InChI=1S/C17H24N4O.HI/c1-13(2)9-10-19-17(18-3)20-11-15-12-22-16(21-15)14-7-5-4-6-8-14;/h4-8,12-13H,9-11H2,1-3H3,(H2,18,19,20);1H. The Morgan fingerprint density at radius 1 is 1.22 bits per heavy atom. The molecule has 2 rings (SSSR count). The molecule has 0 spiro atoms. The Morgan fingerprint density at radius 2 is 1.96 bits per heavy atom. The zero-order valence-electron chi connectivity index (χ0n) is 13.9. The number of aromatic nitrogens is 1. The molecule has 0 fully saturated rings. The Morgan fingerprint density at radius 3 is 2.61 bits per heavy atom. The first kappa shape index (κ1) is 19.5. The van der Waals surface area contributed by atoms with Crippen molar-refractivity contribution in [1.82, 2.24) is 15.6 Å². The van der Waals surface area contributed by atoms with E-state index in [4.69, 9.17) is 4.42 Å². The lowest BCUT2D eigenvalue weighted by Crippen LogP contribution is -2.37. The third-order valence-corrected chi connectivity index (χ3v) is 3.25. The van der Waals surface area contributed by atoms with Crippen molar-refractivity contribution in [3.63, 3.8) is 0 Å². The van der Waals surface area contributed by atoms with Crippen LogP contribution in [0.4, 0.5) is 0 Å². The summed E-state index contributed by atoms with van der Waals surface area (Å²) in [6.45, 7) is 5.90. The maximum absolute atomic E-state index is 5.52. The minimum atomic E-state index is 0. The van der Waals surface area contributed by atoms with Crippen LogP contribution in [0.5, 0.6) is 0 Å². The number of oxazole rings is 1. The van der Waals surface area contributed by atoms with Crippen molar-refractivity contribution in [2.24, 2.45) is 10.9 Å². The van der Waals surface area contributed by atoms with Crippen molar-refractivity contribution >= 4 is 29.9 Å². The van der Waals surface area contributed by atoms with Gasteiger partial charge in [-0.25, -0.2) is 4.98 Å². The van der Waals surface area contributed by atoms with Crippen LogP contribution in [0, 0.1) is 5.92 Å². The molecule has 0 bridgehead atoms. The Kier molecular flexibility index (Phi) is 8.68. The number of aliphatic imine (C=N–C) groups is 1. The number of hydrogen-bond donors (Lipinski definition) is 2. The molecular weight excluding hydrogens is 403 g/mol. The summed E-state index contributed by atoms with van der Waals surface area (Å²) in [5, 5.41) is 6.53. The van der Waals surface area contributed by atoms with E-state index in [1.165, 1.54) is 0 Å². The molecule has 2 N–H and O–H groups in total. The number of nitrogens with one attached hydrogen (secondary N) is 2. The van der Waals surface area contributed by atoms with Gasteiger partial charge in [0.15, 0.2) is 5.96 Å². The van der Waals surface area contributed by atoms with Crippen LogP contribution < -0.4 is 10.6 Å². The lowest BCUT2D eigenvalue weighted by Gasteiger charge is -2.11. The molecule has 0 unspecified atom stereocenters. The van der Waals surface area contributed by atoms with Crippen LogP contribution >= 0.6 is 24.0 Å². The van der Waals surface area contributed by atoms with Crippen molar-refractivity contribution in [1.29, 1.82) is 0 Å². The van der Waals surface area contributed by atoms with Crippen LogP contribution in [0.1, 0.15) is 26.0 Å². The van der Waals surface area contributed by atoms with Crippen molar-refractivity contribution < 1.29 is 4.42 Å². The molecule has 1 heterocycles. The number of halogens is 1. The fraction of sp³-hybridized carbons (Fsp3) is 0.412. The molecule has 1 aromatic carbocycles. The van der Waals surface area contributed by atoms with Crippen LogP contribution in [0.3, 0.4) is 0 Å². The molecule has 6 heteroatoms. The predicted molar refractivity (Wildman–Crippen MR) is 105 cm³/mol. The predicted octanol–water partition coefficient (Wildman–Crippen LogP) is 3.67. The highest BCUT2D eigenvalue weighted by Gasteiger charge is 2.06. The van der Waals surface area contributed by atoms with Gasteiger partial charge in [-0.2, -0.15) is 0 Å². The highest BCUT2D eigenvalue weighted by atomic mass is 127. The monoisotopic (exact) mass is 428 g/mol. The van der Waals surface area contributed by atoms with Gasteiger partial charge in [0.2, 0.25) is 5.89 Å². The lowest BCUT2D eigenvalue weighted by atomic mass is 10.1. The van der Waals surface area contributed by atoms with Gasteiger partial charge in [-0.05, 0) is 24.5 Å². The Hall–Kier alpha value is -1.57. The van der Waals surface area contributed by atoms with Crippen LogP contribution in [-0.4, -0.2) is 24.5 Å². The maximum atomic E-state index is 5.52. The maximum Gasteiger partial charge on any atom is 0.226 e. The SMILES string of the molecule is CN=C(NCCC(C)C)NCc1coc(-c2ccccc2)n1.I. The summed E-state index contributed by atoms with van der Waals surface area (Å²) < 4.78 is 5.52. The van der Waals surface area contributed by atoms with E-state index in [1.54, 1.807) is 13.3 Å². The molecule has 0 aliphatic carbocycles. The molecule has 0 atom stereocenters. The van der Waals surface area contributed by atoms with E-state index in [0.29, 0.717) is 18.4 Å². The van der Waals surface area contributed by atoms with Crippen molar-refractivity contribution in [2.45, 2.75) is 26.8 Å². The Labute approximate surface area is 155 Å². The largest absolute Gasteiger partial charge is 0.444 e. The third-order valence-electron chi connectivity index (χ3n) is 3.25. The lowest BCUT2D eigenvalue weighted by molar-refractivity contribution is 0.570. The molecule has 0 saturated carbocycles. The number of guanidine groups is 1. The van der Waals surface area contributed by atoms with Gasteiger partial charge in [0, 0.05) is 19.2 Å². The summed E-state index contributed by atoms with van der Waals surface area (Å²) in [7, 11) is 1.77. The van der Waals surface area contributed by atoms with Gasteiger partial charge in [0.05, 0.1) is 12.2 Å². The number of hydrogen-bond acceptors (Lipinski definition) is 3. The normalized spacial score (nSPS) is 11.2. The molecule has 0 amide bonds. The number of benzene rings is 1. The van der Waals surface area contributed by atoms with Gasteiger partial charge < -0.3 is 15.1 Å². The average Bonchev–Trinajstić information content (AvgIpc) is 3.00. The first-order valence-electron chi connectivity index (χ1n) is 7.63. The van der Waals surface area contributed by atoms with E-state index >= 15 is 0 Å². The summed E-state index contributed by atoms with van der Waals surface area (Å²) in [6, 6.07) is 9.88. The van der Waals surface area contributed by atoms with E-state index in [-0.39, 0.29) is 24.0 Å². The summed E-state index contributed by atoms with van der Waals surface area (Å²) in [5.74, 6) is 2.10. The molecule has 126 valence electrons. The fourth-order valence-corrected chi connectivity index (χ4v) is 1.98. The second-order valence-electron chi connectivity index (χ2n) is 5.55. The summed E-state index contributed by atoms with van der Waals surface area (Å²) >= 11 is 0. The minimum absolute atomic E-state index is 0. The first-order valence-corrected chi connectivity index (χ1v) is 7.63. The molecule has 0 aliphatic rings. The molecule has 0 radical (unpaired) electrons. The van der Waals surface area contributed by atoms with Crippen LogP contribution in [0.2, 0.25) is 0 Å². The number of rotatable bonds is 6. The second kappa shape index (κ2) is 10.3. The number of nitrogens with zero attached hydrogens (tertiary/aromatic N) is 2. The third kappa shape index (κ3) is 6.60. The van der Waals surface area contributed by atoms with Crippen LogP contribution in [0.15, 0.2) is 46.0 Å². The quantitative estimate of drug-likeness (QED) is 0.419. The van der Waals surface area contributed by atoms with E-state index in [2.05, 4.69) is 34.5 Å². The molecule has 5 nitrogen and oxygen atoms in total. The Bertz CT molecular complexity index is 596. The molecule has 23 heavy (non-hydrogen) atoms. The van der Waals surface area contributed by atoms with Crippen molar-refractivity contribution in [3.05, 3.63) is 42.3 Å². The van der Waals surface area contributed by atoms with Gasteiger partial charge in [-0.15, -0.1) is 24.0 Å². The van der Waals surface area contributed by atoms with Gasteiger partial charge in [0.25, 0.3) is 0 Å². The molecule has 2 aromatic rings. The highest BCUT2D eigenvalue weighted by Crippen LogP contribution is 2.17. The van der Waals surface area contributed by atoms with Crippen LogP contribution in [0.25, 0.3) is 11.5 Å². The summed E-state index contributed by atoms with van der Waals surface area (Å²) in [6.07, 6.45) is 2.79. The van der Waals surface area contributed by atoms with Crippen LogP contribution in [-0.2, 0) is 6.54 Å². The zero-order valence-corrected chi connectivity index (χ0v) is 16.2. The topological polar surface area (TPSA) is 62.5 Å². The molecular formula is C17H25IN4O.